The molecule has 0 amide bonds. The summed E-state index contributed by atoms with van der Waals surface area (Å²) in [7, 11) is -3.31. The summed E-state index contributed by atoms with van der Waals surface area (Å²) in [6.07, 6.45) is 0. The first-order valence-electron chi connectivity index (χ1n) is 5.32. The molecule has 0 fully saturated rings. The second-order valence-corrected chi connectivity index (χ2v) is 5.83. The highest BCUT2D eigenvalue weighted by Gasteiger charge is 2.18. The molecule has 0 aliphatic rings. The van der Waals surface area contributed by atoms with Crippen molar-refractivity contribution in [3.05, 3.63) is 35.4 Å². The van der Waals surface area contributed by atoms with Crippen molar-refractivity contribution in [1.82, 2.24) is 4.31 Å². The average Bonchev–Trinajstić information content (AvgIpc) is 2.30. The van der Waals surface area contributed by atoms with E-state index in [0.29, 0.717) is 12.1 Å². The molecule has 3 nitrogen and oxygen atoms in total. The first-order valence-corrected chi connectivity index (χ1v) is 6.93. The van der Waals surface area contributed by atoms with Crippen LogP contribution >= 0.6 is 0 Å². The molecule has 0 saturated carbocycles. The summed E-state index contributed by atoms with van der Waals surface area (Å²) in [5, 5.41) is 0. The van der Waals surface area contributed by atoms with Gasteiger partial charge in [-0.25, -0.2) is 17.2 Å². The van der Waals surface area contributed by atoms with Crippen molar-refractivity contribution < 1.29 is 17.2 Å². The van der Waals surface area contributed by atoms with Crippen LogP contribution in [0.25, 0.3) is 0 Å². The van der Waals surface area contributed by atoms with Gasteiger partial charge in [-0.3, -0.25) is 0 Å². The maximum Gasteiger partial charge on any atom is 0.214 e. The Bertz CT molecular complexity index is 488. The fourth-order valence-corrected chi connectivity index (χ4v) is 2.54. The molecule has 0 aliphatic heterocycles. The lowest BCUT2D eigenvalue weighted by Crippen LogP contribution is -2.31. The molecule has 96 valence electrons. The van der Waals surface area contributed by atoms with E-state index in [1.807, 2.05) is 0 Å². The lowest BCUT2D eigenvalue weighted by molar-refractivity contribution is 0.422. The third-order valence-corrected chi connectivity index (χ3v) is 4.36. The fourth-order valence-electron chi connectivity index (χ4n) is 1.43. The normalized spacial score (nSPS) is 12.1. The van der Waals surface area contributed by atoms with Gasteiger partial charge >= 0.3 is 0 Å². The Morgan fingerprint density at radius 1 is 1.18 bits per heavy atom. The van der Waals surface area contributed by atoms with Crippen molar-refractivity contribution in [2.45, 2.75) is 20.4 Å². The highest BCUT2D eigenvalue weighted by Crippen LogP contribution is 2.13. The van der Waals surface area contributed by atoms with Gasteiger partial charge in [-0.05, 0) is 24.6 Å². The summed E-state index contributed by atoms with van der Waals surface area (Å²) in [5.41, 5.74) is 0.433. The van der Waals surface area contributed by atoms with Crippen molar-refractivity contribution in [2.75, 3.05) is 12.3 Å². The van der Waals surface area contributed by atoms with Crippen LogP contribution in [0, 0.1) is 11.6 Å². The molecule has 0 radical (unpaired) electrons. The molecule has 0 N–H and O–H groups in total. The van der Waals surface area contributed by atoms with Crippen molar-refractivity contribution in [3.8, 4) is 0 Å². The van der Waals surface area contributed by atoms with Crippen LogP contribution in [0.1, 0.15) is 19.4 Å². The molecule has 0 spiro atoms. The molecule has 1 aromatic rings. The third kappa shape index (κ3) is 3.47. The monoisotopic (exact) mass is 263 g/mol. The van der Waals surface area contributed by atoms with Gasteiger partial charge in [-0.2, -0.15) is 4.31 Å². The minimum Gasteiger partial charge on any atom is -0.212 e. The van der Waals surface area contributed by atoms with Crippen molar-refractivity contribution >= 4 is 10.0 Å². The van der Waals surface area contributed by atoms with Crippen LogP contribution in [0.2, 0.25) is 0 Å². The summed E-state index contributed by atoms with van der Waals surface area (Å²) in [6.45, 7) is 3.61. The Balaban J connectivity index is 2.92. The first-order chi connectivity index (χ1) is 7.90. The van der Waals surface area contributed by atoms with Gasteiger partial charge in [-0.15, -0.1) is 0 Å². The van der Waals surface area contributed by atoms with Crippen molar-refractivity contribution in [3.63, 3.8) is 0 Å². The van der Waals surface area contributed by atoms with Crippen LogP contribution in [-0.2, 0) is 16.6 Å². The molecule has 1 rings (SSSR count). The molecule has 0 aliphatic carbocycles. The zero-order chi connectivity index (χ0) is 13.1. The highest BCUT2D eigenvalue weighted by atomic mass is 32.2. The summed E-state index contributed by atoms with van der Waals surface area (Å²) in [5.74, 6) is -1.91. The maximum atomic E-state index is 13.0. The van der Waals surface area contributed by atoms with Gasteiger partial charge in [0.1, 0.15) is 0 Å². The first kappa shape index (κ1) is 14.1. The van der Waals surface area contributed by atoms with Crippen LogP contribution < -0.4 is 0 Å². The summed E-state index contributed by atoms with van der Waals surface area (Å²) in [6, 6.07) is 3.40. The Morgan fingerprint density at radius 3 is 2.29 bits per heavy atom. The number of sulfonamides is 1. The van der Waals surface area contributed by atoms with E-state index in [-0.39, 0.29) is 12.3 Å². The number of nitrogens with zero attached hydrogens (tertiary/aromatic N) is 1. The topological polar surface area (TPSA) is 37.4 Å². The fraction of sp³-hybridized carbons (Fsp3) is 0.455. The molecule has 0 bridgehead atoms. The van der Waals surface area contributed by atoms with E-state index in [1.165, 1.54) is 10.4 Å². The van der Waals surface area contributed by atoms with Crippen LogP contribution in [0.15, 0.2) is 18.2 Å². The number of hydrogen-bond donors (Lipinski definition) is 0. The van der Waals surface area contributed by atoms with Crippen molar-refractivity contribution in [2.24, 2.45) is 0 Å². The second-order valence-electron chi connectivity index (χ2n) is 3.58. The van der Waals surface area contributed by atoms with Crippen molar-refractivity contribution in [1.29, 1.82) is 0 Å². The zero-order valence-corrected chi connectivity index (χ0v) is 10.6. The molecule has 0 saturated heterocycles. The molecule has 6 heteroatoms. The molecule has 17 heavy (non-hydrogen) atoms. The summed E-state index contributed by atoms with van der Waals surface area (Å²) in [4.78, 5) is 0. The SMILES string of the molecule is CCN(Cc1ccc(F)c(F)c1)S(=O)(=O)CC. The quantitative estimate of drug-likeness (QED) is 0.816. The van der Waals surface area contributed by atoms with E-state index in [4.69, 9.17) is 0 Å². The van der Waals surface area contributed by atoms with E-state index in [0.717, 1.165) is 12.1 Å². The Hall–Kier alpha value is -1.01. The van der Waals surface area contributed by atoms with Gasteiger partial charge in [0.2, 0.25) is 10.0 Å². The van der Waals surface area contributed by atoms with Crippen LogP contribution in [-0.4, -0.2) is 25.0 Å². The molecular formula is C11H15F2NO2S. The van der Waals surface area contributed by atoms with Crippen LogP contribution in [0.5, 0.6) is 0 Å². The molecule has 0 aromatic heterocycles. The predicted molar refractivity (Wildman–Crippen MR) is 61.9 cm³/mol. The second kappa shape index (κ2) is 5.55. The molecule has 0 atom stereocenters. The minimum absolute atomic E-state index is 0.00941. The molecule has 0 heterocycles. The molecule has 1 aromatic carbocycles. The largest absolute Gasteiger partial charge is 0.214 e. The smallest absolute Gasteiger partial charge is 0.212 e. The number of halogens is 2. The minimum atomic E-state index is -3.31. The standard InChI is InChI=1S/C11H15F2NO2S/c1-3-14(17(15,16)4-2)8-9-5-6-10(12)11(13)7-9/h5-7H,3-4,8H2,1-2H3. The Morgan fingerprint density at radius 2 is 1.82 bits per heavy atom. The Kier molecular flexibility index (Phi) is 4.59. The van der Waals surface area contributed by atoms with E-state index in [2.05, 4.69) is 0 Å². The maximum absolute atomic E-state index is 13.0. The van der Waals surface area contributed by atoms with Gasteiger partial charge in [0.05, 0.1) is 5.75 Å². The lowest BCUT2D eigenvalue weighted by atomic mass is 10.2. The van der Waals surface area contributed by atoms with Crippen LogP contribution in [0.3, 0.4) is 0 Å². The summed E-state index contributed by atoms with van der Waals surface area (Å²) < 4.78 is 50.2. The molecule has 0 unspecified atom stereocenters. The Labute approximate surface area is 100 Å². The van der Waals surface area contributed by atoms with Gasteiger partial charge in [0, 0.05) is 13.1 Å². The van der Waals surface area contributed by atoms with Crippen LogP contribution in [0.4, 0.5) is 8.78 Å². The average molecular weight is 263 g/mol. The van der Waals surface area contributed by atoms with Gasteiger partial charge in [0.25, 0.3) is 0 Å². The lowest BCUT2D eigenvalue weighted by Gasteiger charge is -2.19. The number of hydrogen-bond acceptors (Lipinski definition) is 2. The third-order valence-electron chi connectivity index (χ3n) is 2.45. The van der Waals surface area contributed by atoms with E-state index in [1.54, 1.807) is 13.8 Å². The molecular weight excluding hydrogens is 248 g/mol. The van der Waals surface area contributed by atoms with E-state index < -0.39 is 21.7 Å². The number of rotatable bonds is 5. The number of benzene rings is 1. The highest BCUT2D eigenvalue weighted by molar-refractivity contribution is 7.89. The van der Waals surface area contributed by atoms with E-state index in [9.17, 15) is 17.2 Å². The van der Waals surface area contributed by atoms with E-state index >= 15 is 0 Å². The van der Waals surface area contributed by atoms with Gasteiger partial charge < -0.3 is 0 Å². The summed E-state index contributed by atoms with van der Waals surface area (Å²) >= 11 is 0. The van der Waals surface area contributed by atoms with Gasteiger partial charge in [-0.1, -0.05) is 13.0 Å². The van der Waals surface area contributed by atoms with Gasteiger partial charge in [0.15, 0.2) is 11.6 Å². The predicted octanol–water partition coefficient (Wildman–Crippen LogP) is 2.14. The zero-order valence-electron chi connectivity index (χ0n) is 9.78.